The number of halogens is 1. The fourth-order valence-electron chi connectivity index (χ4n) is 4.21. The summed E-state index contributed by atoms with van der Waals surface area (Å²) in [5.74, 6) is 0.138. The molecule has 4 aromatic carbocycles. The van der Waals surface area contributed by atoms with E-state index in [2.05, 4.69) is 5.32 Å². The van der Waals surface area contributed by atoms with Crippen LogP contribution >= 0.6 is 11.6 Å². The molecule has 5 rings (SSSR count). The van der Waals surface area contributed by atoms with E-state index in [1.165, 1.54) is 0 Å². The van der Waals surface area contributed by atoms with Crippen molar-refractivity contribution in [2.45, 2.75) is 22.9 Å². The Morgan fingerprint density at radius 3 is 2.46 bits per heavy atom. The first-order chi connectivity index (χ1) is 17.9. The van der Waals surface area contributed by atoms with Gasteiger partial charge in [0.15, 0.2) is 0 Å². The number of rotatable bonds is 6. The lowest BCUT2D eigenvalue weighted by molar-refractivity contribution is 0.0947. The molecule has 186 valence electrons. The highest BCUT2D eigenvalue weighted by Gasteiger charge is 2.31. The van der Waals surface area contributed by atoms with Gasteiger partial charge in [-0.25, -0.2) is 4.21 Å². The van der Waals surface area contributed by atoms with Crippen molar-refractivity contribution in [3.63, 3.8) is 0 Å². The molecule has 1 aliphatic rings. The van der Waals surface area contributed by atoms with E-state index in [-0.39, 0.29) is 18.4 Å². The first-order valence-electron chi connectivity index (χ1n) is 11.6. The molecule has 0 fully saturated rings. The second-order valence-electron chi connectivity index (χ2n) is 8.50. The number of hydrogen-bond acceptors (Lipinski definition) is 4. The van der Waals surface area contributed by atoms with E-state index < -0.39 is 10.8 Å². The van der Waals surface area contributed by atoms with Crippen molar-refractivity contribution < 1.29 is 18.5 Å². The number of anilines is 1. The molecule has 0 saturated heterocycles. The molecule has 8 heteroatoms. The van der Waals surface area contributed by atoms with Crippen LogP contribution in [0.25, 0.3) is 0 Å². The Bertz CT molecular complexity index is 1520. The van der Waals surface area contributed by atoms with Gasteiger partial charge in [0.1, 0.15) is 5.75 Å². The Hall–Kier alpha value is -3.94. The van der Waals surface area contributed by atoms with Gasteiger partial charge in [-0.3, -0.25) is 9.59 Å². The van der Waals surface area contributed by atoms with E-state index in [4.69, 9.17) is 16.3 Å². The van der Waals surface area contributed by atoms with Gasteiger partial charge in [0.25, 0.3) is 11.8 Å². The highest BCUT2D eigenvalue weighted by Crippen LogP contribution is 2.36. The number of ether oxygens (including phenoxy) is 1. The molecule has 1 atom stereocenters. The fourth-order valence-corrected chi connectivity index (χ4v) is 5.77. The molecule has 1 heterocycles. The molecule has 6 nitrogen and oxygen atoms in total. The average Bonchev–Trinajstić information content (AvgIpc) is 3.01. The number of nitrogens with one attached hydrogen (secondary N) is 1. The maximum atomic E-state index is 13.7. The summed E-state index contributed by atoms with van der Waals surface area (Å²) in [4.78, 5) is 29.3. The molecule has 0 aromatic heterocycles. The van der Waals surface area contributed by atoms with Crippen LogP contribution in [-0.2, 0) is 23.9 Å². The second kappa shape index (κ2) is 10.6. The molecule has 1 N–H and O–H groups in total. The van der Waals surface area contributed by atoms with E-state index >= 15 is 0 Å². The number of nitrogens with zero attached hydrogens (tertiary/aromatic N) is 1. The Morgan fingerprint density at radius 2 is 1.70 bits per heavy atom. The number of carbonyl (C=O) groups is 2. The SMILES string of the molecule is COc1ccc(CNC(=O)c2ccc3c(c2)N(Cc2cccc(Cl)c2)C(=O)c2ccccc2S3=O)cc1. The first-order valence-corrected chi connectivity index (χ1v) is 13.1. The predicted molar refractivity (Wildman–Crippen MR) is 144 cm³/mol. The molecular formula is C29H23ClN2O4S. The van der Waals surface area contributed by atoms with Gasteiger partial charge in [0.2, 0.25) is 0 Å². The third kappa shape index (κ3) is 5.14. The minimum absolute atomic E-state index is 0.203. The van der Waals surface area contributed by atoms with Crippen molar-refractivity contribution in [2.24, 2.45) is 0 Å². The van der Waals surface area contributed by atoms with Gasteiger partial charge in [0.05, 0.1) is 45.5 Å². The van der Waals surface area contributed by atoms with Crippen LogP contribution in [0.15, 0.2) is 101 Å². The van der Waals surface area contributed by atoms with Crippen LogP contribution in [-0.4, -0.2) is 23.1 Å². The second-order valence-corrected chi connectivity index (χ2v) is 10.4. The van der Waals surface area contributed by atoms with Crippen molar-refractivity contribution >= 4 is 39.9 Å². The van der Waals surface area contributed by atoms with E-state index in [0.29, 0.717) is 38.2 Å². The first kappa shape index (κ1) is 24.7. The minimum Gasteiger partial charge on any atom is -0.497 e. The number of amides is 2. The Labute approximate surface area is 222 Å². The lowest BCUT2D eigenvalue weighted by atomic mass is 10.1. The van der Waals surface area contributed by atoms with Gasteiger partial charge in [-0.15, -0.1) is 0 Å². The van der Waals surface area contributed by atoms with Crippen molar-refractivity contribution in [2.75, 3.05) is 12.0 Å². The number of hydrogen-bond donors (Lipinski definition) is 1. The van der Waals surface area contributed by atoms with Crippen molar-refractivity contribution in [3.8, 4) is 5.75 Å². The van der Waals surface area contributed by atoms with Gasteiger partial charge in [-0.1, -0.05) is 48.0 Å². The molecule has 37 heavy (non-hydrogen) atoms. The zero-order chi connectivity index (χ0) is 25.9. The van der Waals surface area contributed by atoms with E-state index in [1.807, 2.05) is 36.4 Å². The molecule has 2 amide bonds. The molecule has 0 aliphatic carbocycles. The van der Waals surface area contributed by atoms with Gasteiger partial charge in [-0.2, -0.15) is 0 Å². The van der Waals surface area contributed by atoms with E-state index in [0.717, 1.165) is 16.9 Å². The van der Waals surface area contributed by atoms with Gasteiger partial charge in [0, 0.05) is 17.1 Å². The molecule has 0 bridgehead atoms. The summed E-state index contributed by atoms with van der Waals surface area (Å²) in [5, 5.41) is 3.46. The van der Waals surface area contributed by atoms with Crippen LogP contribution in [0.4, 0.5) is 5.69 Å². The number of carbonyl (C=O) groups excluding carboxylic acids is 2. The quantitative estimate of drug-likeness (QED) is 0.352. The van der Waals surface area contributed by atoms with Crippen molar-refractivity contribution in [3.05, 3.63) is 118 Å². The molecular weight excluding hydrogens is 508 g/mol. The lowest BCUT2D eigenvalue weighted by Gasteiger charge is -2.24. The van der Waals surface area contributed by atoms with Crippen LogP contribution in [0, 0.1) is 0 Å². The van der Waals surface area contributed by atoms with Crippen LogP contribution in [0.2, 0.25) is 5.02 Å². The summed E-state index contributed by atoms with van der Waals surface area (Å²) in [7, 11) is -0.00328. The third-order valence-electron chi connectivity index (χ3n) is 6.12. The number of methoxy groups -OCH3 is 1. The lowest BCUT2D eigenvalue weighted by Crippen LogP contribution is -2.31. The predicted octanol–water partition coefficient (Wildman–Crippen LogP) is 5.61. The fraction of sp³-hybridized carbons (Fsp3) is 0.103. The van der Waals surface area contributed by atoms with Crippen molar-refractivity contribution in [1.82, 2.24) is 5.32 Å². The zero-order valence-electron chi connectivity index (χ0n) is 19.9. The zero-order valence-corrected chi connectivity index (χ0v) is 21.5. The summed E-state index contributed by atoms with van der Waals surface area (Å²) in [6, 6.07) is 26.5. The average molecular weight is 531 g/mol. The molecule has 0 spiro atoms. The topological polar surface area (TPSA) is 75.7 Å². The third-order valence-corrected chi connectivity index (χ3v) is 7.85. The van der Waals surface area contributed by atoms with Crippen LogP contribution in [0.5, 0.6) is 5.75 Å². The van der Waals surface area contributed by atoms with Crippen LogP contribution in [0.3, 0.4) is 0 Å². The van der Waals surface area contributed by atoms with Gasteiger partial charge < -0.3 is 15.0 Å². The summed E-state index contributed by atoms with van der Waals surface area (Å²) < 4.78 is 18.7. The largest absolute Gasteiger partial charge is 0.497 e. The minimum atomic E-state index is -1.60. The van der Waals surface area contributed by atoms with Crippen LogP contribution < -0.4 is 15.0 Å². The van der Waals surface area contributed by atoms with Gasteiger partial charge >= 0.3 is 0 Å². The van der Waals surface area contributed by atoms with E-state index in [1.54, 1.807) is 66.6 Å². The Balaban J connectivity index is 1.50. The summed E-state index contributed by atoms with van der Waals surface area (Å²) in [6.07, 6.45) is 0. The van der Waals surface area contributed by atoms with Crippen LogP contribution in [0.1, 0.15) is 31.8 Å². The summed E-state index contributed by atoms with van der Waals surface area (Å²) >= 11 is 6.19. The molecule has 0 saturated carbocycles. The smallest absolute Gasteiger partial charge is 0.259 e. The Kier molecular flexibility index (Phi) is 7.08. The van der Waals surface area contributed by atoms with Crippen molar-refractivity contribution in [1.29, 1.82) is 0 Å². The molecule has 1 aliphatic heterocycles. The maximum Gasteiger partial charge on any atom is 0.259 e. The summed E-state index contributed by atoms with van der Waals surface area (Å²) in [5.41, 5.74) is 2.88. The van der Waals surface area contributed by atoms with Gasteiger partial charge in [-0.05, 0) is 65.7 Å². The molecule has 1 unspecified atom stereocenters. The maximum absolute atomic E-state index is 13.7. The molecule has 0 radical (unpaired) electrons. The Morgan fingerprint density at radius 1 is 0.919 bits per heavy atom. The number of benzene rings is 4. The normalized spacial score (nSPS) is 14.4. The summed E-state index contributed by atoms with van der Waals surface area (Å²) in [6.45, 7) is 0.525. The standard InChI is InChI=1S/C29H23ClN2O4S/c1-36-23-12-9-19(10-13-23)17-31-28(33)21-11-14-27-25(16-21)32(18-20-5-4-6-22(30)15-20)29(34)24-7-2-3-8-26(24)37(27)35/h2-16H,17-18H2,1H3,(H,31,33). The molecule has 4 aromatic rings. The highest BCUT2D eigenvalue weighted by molar-refractivity contribution is 7.85. The van der Waals surface area contributed by atoms with E-state index in [9.17, 15) is 13.8 Å². The highest BCUT2D eigenvalue weighted by atomic mass is 35.5. The monoisotopic (exact) mass is 530 g/mol. The number of fused-ring (bicyclic) bond motifs is 2.